The summed E-state index contributed by atoms with van der Waals surface area (Å²) in [4.78, 5) is 85.2. The summed E-state index contributed by atoms with van der Waals surface area (Å²) < 4.78 is 64.5. The summed E-state index contributed by atoms with van der Waals surface area (Å²) in [7, 11) is 0. The monoisotopic (exact) mass is 802 g/mol. The molecular weight excluding hydrogens is 770 g/mol. The number of hydrogen-bond acceptors (Lipinski definition) is 15. The molecule has 302 valence electrons. The molecule has 0 amide bonds. The fourth-order valence-electron chi connectivity index (χ4n) is 6.21. The predicted octanol–water partition coefficient (Wildman–Crippen LogP) is 2.23. The third-order valence-corrected chi connectivity index (χ3v) is 8.25. The molecule has 0 radical (unpaired) electrons. The fourth-order valence-corrected chi connectivity index (χ4v) is 6.21. The van der Waals surface area contributed by atoms with Crippen molar-refractivity contribution < 1.29 is 91.2 Å². The Hall–Kier alpha value is -6.87. The van der Waals surface area contributed by atoms with Crippen molar-refractivity contribution in [3.05, 3.63) is 70.3 Å². The summed E-state index contributed by atoms with van der Waals surface area (Å²) >= 11 is 0. The van der Waals surface area contributed by atoms with Crippen molar-refractivity contribution >= 4 is 47.5 Å². The number of fused-ring (bicyclic) bond motifs is 6. The van der Waals surface area contributed by atoms with E-state index in [-0.39, 0.29) is 71.6 Å². The van der Waals surface area contributed by atoms with Gasteiger partial charge in [0.1, 0.15) is 36.9 Å². The quantitative estimate of drug-likeness (QED) is 0.0816. The number of hydrogen-bond donors (Lipinski definition) is 4. The molecule has 0 aliphatic carbocycles. The molecule has 2 aliphatic rings. The topological polar surface area (TPSA) is 262 Å². The zero-order chi connectivity index (χ0) is 41.8. The number of benzene rings is 3. The van der Waals surface area contributed by atoms with Crippen molar-refractivity contribution in [1.82, 2.24) is 4.90 Å². The molecule has 19 nitrogen and oxygen atoms in total. The van der Waals surface area contributed by atoms with E-state index in [4.69, 9.17) is 38.6 Å². The molecule has 2 aliphatic heterocycles. The average Bonchev–Trinajstić information content (AvgIpc) is 3.37. The van der Waals surface area contributed by atoms with E-state index >= 15 is 8.78 Å². The molecule has 3 aromatic rings. The molecule has 2 heterocycles. The molecule has 21 heteroatoms. The average molecular weight is 803 g/mol. The summed E-state index contributed by atoms with van der Waals surface area (Å²) in [6.07, 6.45) is 0. The lowest BCUT2D eigenvalue weighted by Gasteiger charge is -2.37. The zero-order valence-corrected chi connectivity index (χ0v) is 29.9. The first-order valence-corrected chi connectivity index (χ1v) is 16.6. The predicted molar refractivity (Wildman–Crippen MR) is 183 cm³/mol. The standard InChI is InChI=1S/C36H32F2N2O17/c1-17(41)54-28-11-26-21(8-23(28)37)36(22-9-24(38)29(55-18(2)42)12-27(22)56-26)20-10-30(53-6-5-52-4-3-39(13-31(43)44)14-32(45)46)25(7-19(20)35(51)57-36)40(15-33(47)48)16-34(49)50/h7-12H,3-6,13-16H2,1-2H3,(H,43,44)(H,45,46)(H,47,48)(H,49,50). The smallest absolute Gasteiger partial charge is 0.340 e. The van der Waals surface area contributed by atoms with Crippen LogP contribution in [0.2, 0.25) is 0 Å². The molecule has 0 saturated carbocycles. The highest BCUT2D eigenvalue weighted by Gasteiger charge is 2.55. The lowest BCUT2D eigenvalue weighted by atomic mass is 9.77. The van der Waals surface area contributed by atoms with Crippen LogP contribution in [0.15, 0.2) is 36.4 Å². The van der Waals surface area contributed by atoms with E-state index in [2.05, 4.69) is 0 Å². The Bertz CT molecular complexity index is 2070. The minimum Gasteiger partial charge on any atom is -0.489 e. The van der Waals surface area contributed by atoms with E-state index in [1.54, 1.807) is 0 Å². The molecular formula is C36H32F2N2O17. The van der Waals surface area contributed by atoms with Gasteiger partial charge in [0.05, 0.1) is 48.7 Å². The van der Waals surface area contributed by atoms with Crippen LogP contribution >= 0.6 is 0 Å². The zero-order valence-electron chi connectivity index (χ0n) is 29.9. The number of esters is 3. The second-order valence-corrected chi connectivity index (χ2v) is 12.4. The van der Waals surface area contributed by atoms with Gasteiger partial charge in [-0.05, 0) is 24.3 Å². The summed E-state index contributed by atoms with van der Waals surface area (Å²) in [6, 6.07) is 5.82. The van der Waals surface area contributed by atoms with Crippen molar-refractivity contribution in [2.24, 2.45) is 0 Å². The molecule has 0 unspecified atom stereocenters. The van der Waals surface area contributed by atoms with Gasteiger partial charge in [-0.2, -0.15) is 0 Å². The highest BCUT2D eigenvalue weighted by Crippen LogP contribution is 2.59. The Labute approximate surface area is 319 Å². The first-order valence-electron chi connectivity index (χ1n) is 16.6. The van der Waals surface area contributed by atoms with Gasteiger partial charge in [-0.25, -0.2) is 13.6 Å². The van der Waals surface area contributed by atoms with E-state index < -0.39 is 96.7 Å². The molecule has 0 bridgehead atoms. The Kier molecular flexibility index (Phi) is 12.2. The van der Waals surface area contributed by atoms with Crippen molar-refractivity contribution in [2.45, 2.75) is 19.4 Å². The van der Waals surface area contributed by atoms with Gasteiger partial charge < -0.3 is 53.7 Å². The second-order valence-electron chi connectivity index (χ2n) is 12.4. The first-order chi connectivity index (χ1) is 26.9. The van der Waals surface area contributed by atoms with E-state index in [0.717, 1.165) is 54.0 Å². The number of carboxylic acids is 4. The van der Waals surface area contributed by atoms with Crippen LogP contribution in [-0.2, 0) is 43.8 Å². The minimum absolute atomic E-state index is 0.109. The van der Waals surface area contributed by atoms with Crippen LogP contribution in [0.1, 0.15) is 40.9 Å². The van der Waals surface area contributed by atoms with Crippen molar-refractivity contribution in [2.75, 3.05) is 57.4 Å². The third kappa shape index (κ3) is 9.16. The number of nitrogens with zero attached hydrogens (tertiary/aromatic N) is 2. The van der Waals surface area contributed by atoms with Crippen molar-refractivity contribution in [3.63, 3.8) is 0 Å². The van der Waals surface area contributed by atoms with Crippen LogP contribution < -0.4 is 23.8 Å². The molecule has 5 rings (SSSR count). The van der Waals surface area contributed by atoms with Crippen LogP contribution in [0.3, 0.4) is 0 Å². The number of rotatable bonds is 18. The van der Waals surface area contributed by atoms with Crippen LogP contribution in [0.4, 0.5) is 14.5 Å². The summed E-state index contributed by atoms with van der Waals surface area (Å²) in [5, 5.41) is 37.4. The van der Waals surface area contributed by atoms with Gasteiger partial charge >= 0.3 is 41.8 Å². The second kappa shape index (κ2) is 16.9. The SMILES string of the molecule is CC(=O)Oc1cc2c(cc1F)C1(OC(=O)c3cc(N(CC(=O)O)CC(=O)O)c(OCCOCCN(CC(=O)O)CC(=O)O)cc31)c1cc(F)c(OC(C)=O)cc1O2. The fraction of sp³-hybridized carbons (Fsp3) is 0.306. The Morgan fingerprint density at radius 3 is 1.65 bits per heavy atom. The summed E-state index contributed by atoms with van der Waals surface area (Å²) in [6.45, 7) is -1.83. The third-order valence-electron chi connectivity index (χ3n) is 8.25. The number of carbonyl (C=O) groups excluding carboxylic acids is 3. The van der Waals surface area contributed by atoms with Gasteiger partial charge in [0, 0.05) is 38.1 Å². The normalized spacial score (nSPS) is 13.1. The van der Waals surface area contributed by atoms with Crippen LogP contribution in [0.25, 0.3) is 0 Å². The van der Waals surface area contributed by atoms with Gasteiger partial charge in [0.2, 0.25) is 0 Å². The number of carbonyl (C=O) groups is 7. The maximum atomic E-state index is 15.6. The maximum Gasteiger partial charge on any atom is 0.340 e. The Balaban J connectivity index is 1.63. The van der Waals surface area contributed by atoms with E-state index in [0.29, 0.717) is 0 Å². The molecule has 0 saturated heterocycles. The van der Waals surface area contributed by atoms with E-state index in [1.165, 1.54) is 6.07 Å². The minimum atomic E-state index is -2.28. The van der Waals surface area contributed by atoms with Gasteiger partial charge in [-0.3, -0.25) is 33.7 Å². The lowest BCUT2D eigenvalue weighted by Crippen LogP contribution is -2.37. The van der Waals surface area contributed by atoms with Gasteiger partial charge in [0.25, 0.3) is 0 Å². The lowest BCUT2D eigenvalue weighted by molar-refractivity contribution is -0.142. The molecule has 4 N–H and O–H groups in total. The van der Waals surface area contributed by atoms with Gasteiger partial charge in [-0.1, -0.05) is 0 Å². The number of halogens is 2. The highest BCUT2D eigenvalue weighted by atomic mass is 19.1. The largest absolute Gasteiger partial charge is 0.489 e. The summed E-state index contributed by atoms with van der Waals surface area (Å²) in [5.41, 5.74) is -3.49. The molecule has 0 atom stereocenters. The molecule has 3 aromatic carbocycles. The Morgan fingerprint density at radius 1 is 0.667 bits per heavy atom. The highest BCUT2D eigenvalue weighted by molar-refractivity contribution is 5.99. The summed E-state index contributed by atoms with van der Waals surface area (Å²) in [5.74, 6) is -12.7. The number of ether oxygens (including phenoxy) is 6. The number of anilines is 1. The van der Waals surface area contributed by atoms with Gasteiger partial charge in [0.15, 0.2) is 28.7 Å². The molecule has 1 spiro atoms. The number of carboxylic acid groups (broad SMARTS) is 4. The van der Waals surface area contributed by atoms with Gasteiger partial charge in [-0.15, -0.1) is 0 Å². The van der Waals surface area contributed by atoms with E-state index in [1.807, 2.05) is 0 Å². The maximum absolute atomic E-state index is 15.6. The first kappa shape index (κ1) is 41.3. The number of aliphatic carboxylic acids is 4. The van der Waals surface area contributed by atoms with Crippen molar-refractivity contribution in [3.8, 4) is 28.7 Å². The van der Waals surface area contributed by atoms with Crippen molar-refractivity contribution in [1.29, 1.82) is 0 Å². The van der Waals surface area contributed by atoms with Crippen LogP contribution in [0, 0.1) is 11.6 Å². The van der Waals surface area contributed by atoms with E-state index in [9.17, 15) is 43.8 Å². The molecule has 0 fully saturated rings. The van der Waals surface area contributed by atoms with Crippen LogP contribution in [-0.4, -0.2) is 120 Å². The van der Waals surface area contributed by atoms with Crippen LogP contribution in [0.5, 0.6) is 28.7 Å². The molecule has 57 heavy (non-hydrogen) atoms. The Morgan fingerprint density at radius 2 is 1.18 bits per heavy atom. The molecule has 0 aromatic heterocycles.